The van der Waals surface area contributed by atoms with Crippen LogP contribution in [0.25, 0.3) is 0 Å². The minimum atomic E-state index is -0.0509. The number of carbonyl (C=O) groups excluding carboxylic acids is 1. The second kappa shape index (κ2) is 7.27. The summed E-state index contributed by atoms with van der Waals surface area (Å²) in [5.41, 5.74) is 8.04. The molecule has 1 atom stereocenters. The molecule has 5 heteroatoms. The zero-order chi connectivity index (χ0) is 15.4. The van der Waals surface area contributed by atoms with Crippen LogP contribution in [0.3, 0.4) is 0 Å². The Labute approximate surface area is 135 Å². The second-order valence-electron chi connectivity index (χ2n) is 5.90. The van der Waals surface area contributed by atoms with E-state index in [1.54, 1.807) is 0 Å². The summed E-state index contributed by atoms with van der Waals surface area (Å²) in [4.78, 5) is 14.8. The van der Waals surface area contributed by atoms with Crippen molar-refractivity contribution in [2.45, 2.75) is 39.2 Å². The summed E-state index contributed by atoms with van der Waals surface area (Å²) in [6, 6.07) is 3.79. The summed E-state index contributed by atoms with van der Waals surface area (Å²) in [7, 11) is 0. The van der Waals surface area contributed by atoms with Crippen LogP contribution in [0.1, 0.15) is 42.1 Å². The lowest BCUT2D eigenvalue weighted by atomic mass is 10.1. The van der Waals surface area contributed by atoms with Gasteiger partial charge in [-0.2, -0.15) is 0 Å². The predicted octanol–water partition coefficient (Wildman–Crippen LogP) is 2.94. The van der Waals surface area contributed by atoms with E-state index in [0.717, 1.165) is 29.7 Å². The Morgan fingerprint density at radius 3 is 2.71 bits per heavy atom. The molecule has 2 rings (SSSR count). The molecule has 0 spiro atoms. The molecule has 0 radical (unpaired) electrons. The Kier molecular flexibility index (Phi) is 5.65. The first-order valence-corrected chi connectivity index (χ1v) is 8.35. The molecule has 1 fully saturated rings. The average molecular weight is 354 g/mol. The van der Waals surface area contributed by atoms with Gasteiger partial charge in [-0.25, -0.2) is 0 Å². The van der Waals surface area contributed by atoms with Crippen LogP contribution in [0.15, 0.2) is 16.6 Å². The van der Waals surface area contributed by atoms with Gasteiger partial charge in [0.05, 0.1) is 0 Å². The highest BCUT2D eigenvalue weighted by molar-refractivity contribution is 9.10. The van der Waals surface area contributed by atoms with E-state index in [0.29, 0.717) is 11.3 Å². The summed E-state index contributed by atoms with van der Waals surface area (Å²) in [6.45, 7) is 7.13. The number of nitrogens with two attached hydrogens (primary N) is 1. The number of halogens is 1. The van der Waals surface area contributed by atoms with Crippen molar-refractivity contribution in [3.63, 3.8) is 0 Å². The smallest absolute Gasteiger partial charge is 0.251 e. The van der Waals surface area contributed by atoms with Crippen molar-refractivity contribution in [3.05, 3.63) is 27.7 Å². The number of nitrogens with zero attached hydrogens (tertiary/aromatic N) is 1. The summed E-state index contributed by atoms with van der Waals surface area (Å²) in [6.07, 6.45) is 3.86. The van der Waals surface area contributed by atoms with E-state index in [2.05, 4.69) is 33.1 Å². The van der Waals surface area contributed by atoms with Crippen LogP contribution in [0, 0.1) is 6.92 Å². The molecule has 0 aliphatic carbocycles. The van der Waals surface area contributed by atoms with Crippen molar-refractivity contribution in [2.75, 3.05) is 25.4 Å². The molecule has 1 saturated heterocycles. The average Bonchev–Trinajstić information content (AvgIpc) is 2.43. The zero-order valence-corrected chi connectivity index (χ0v) is 14.4. The number of hydrogen-bond donors (Lipinski definition) is 2. The molecule has 1 heterocycles. The highest BCUT2D eigenvalue weighted by atomic mass is 79.9. The maximum atomic E-state index is 12.4. The molecular weight excluding hydrogens is 330 g/mol. The quantitative estimate of drug-likeness (QED) is 0.818. The fourth-order valence-electron chi connectivity index (χ4n) is 2.81. The normalized spacial score (nSPS) is 17.5. The van der Waals surface area contributed by atoms with E-state index >= 15 is 0 Å². The molecule has 0 saturated carbocycles. The number of benzene rings is 1. The number of amides is 1. The van der Waals surface area contributed by atoms with Crippen LogP contribution in [-0.2, 0) is 0 Å². The van der Waals surface area contributed by atoms with Gasteiger partial charge >= 0.3 is 0 Å². The second-order valence-corrected chi connectivity index (χ2v) is 6.82. The van der Waals surface area contributed by atoms with E-state index in [9.17, 15) is 4.79 Å². The molecule has 1 unspecified atom stereocenters. The lowest BCUT2D eigenvalue weighted by Gasteiger charge is -2.29. The molecule has 1 aromatic rings. The Morgan fingerprint density at radius 2 is 2.05 bits per heavy atom. The zero-order valence-electron chi connectivity index (χ0n) is 12.8. The summed E-state index contributed by atoms with van der Waals surface area (Å²) >= 11 is 3.39. The van der Waals surface area contributed by atoms with Crippen molar-refractivity contribution in [1.29, 1.82) is 0 Å². The number of hydrogen-bond acceptors (Lipinski definition) is 3. The predicted molar refractivity (Wildman–Crippen MR) is 90.5 cm³/mol. The first kappa shape index (κ1) is 16.3. The van der Waals surface area contributed by atoms with Gasteiger partial charge in [0.15, 0.2) is 0 Å². The molecular formula is C16H24BrN3O. The Morgan fingerprint density at radius 1 is 1.38 bits per heavy atom. The van der Waals surface area contributed by atoms with Crippen molar-refractivity contribution >= 4 is 27.5 Å². The first-order valence-electron chi connectivity index (χ1n) is 7.56. The number of piperidine rings is 1. The van der Waals surface area contributed by atoms with Crippen LogP contribution in [-0.4, -0.2) is 36.5 Å². The molecule has 4 nitrogen and oxygen atoms in total. The topological polar surface area (TPSA) is 58.4 Å². The van der Waals surface area contributed by atoms with E-state index in [1.807, 2.05) is 19.1 Å². The number of anilines is 1. The third-order valence-corrected chi connectivity index (χ3v) is 4.47. The Bertz CT molecular complexity index is 512. The SMILES string of the molecule is Cc1c(N)cc(Br)cc1C(=O)NC(C)CN1CCCCC1. The van der Waals surface area contributed by atoms with Gasteiger partial charge in [-0.3, -0.25) is 4.79 Å². The molecule has 3 N–H and O–H groups in total. The minimum absolute atomic E-state index is 0.0509. The first-order chi connectivity index (χ1) is 9.97. The highest BCUT2D eigenvalue weighted by Crippen LogP contribution is 2.22. The largest absolute Gasteiger partial charge is 0.398 e. The van der Waals surface area contributed by atoms with E-state index in [4.69, 9.17) is 5.73 Å². The number of likely N-dealkylation sites (tertiary alicyclic amines) is 1. The number of nitrogens with one attached hydrogen (secondary N) is 1. The molecule has 21 heavy (non-hydrogen) atoms. The van der Waals surface area contributed by atoms with Gasteiger partial charge in [-0.1, -0.05) is 22.4 Å². The molecule has 1 aliphatic heterocycles. The maximum absolute atomic E-state index is 12.4. The van der Waals surface area contributed by atoms with Gasteiger partial charge in [0.1, 0.15) is 0 Å². The van der Waals surface area contributed by atoms with Gasteiger partial charge < -0.3 is 16.0 Å². The van der Waals surface area contributed by atoms with E-state index in [1.165, 1.54) is 19.3 Å². The fourth-order valence-corrected chi connectivity index (χ4v) is 3.29. The molecule has 1 aliphatic rings. The Hall–Kier alpha value is -1.07. The van der Waals surface area contributed by atoms with Gasteiger partial charge in [0.2, 0.25) is 0 Å². The molecule has 1 amide bonds. The van der Waals surface area contributed by atoms with Gasteiger partial charge in [0, 0.05) is 28.3 Å². The van der Waals surface area contributed by atoms with Crippen LogP contribution in [0.2, 0.25) is 0 Å². The molecule has 116 valence electrons. The molecule has 0 aromatic heterocycles. The van der Waals surface area contributed by atoms with Crippen LogP contribution in [0.5, 0.6) is 0 Å². The maximum Gasteiger partial charge on any atom is 0.251 e. The van der Waals surface area contributed by atoms with Gasteiger partial charge in [0.25, 0.3) is 5.91 Å². The number of carbonyl (C=O) groups is 1. The van der Waals surface area contributed by atoms with Gasteiger partial charge in [-0.05, 0) is 57.5 Å². The minimum Gasteiger partial charge on any atom is -0.398 e. The third-order valence-electron chi connectivity index (χ3n) is 4.02. The highest BCUT2D eigenvalue weighted by Gasteiger charge is 2.17. The van der Waals surface area contributed by atoms with Crippen molar-refractivity contribution in [3.8, 4) is 0 Å². The van der Waals surface area contributed by atoms with Crippen molar-refractivity contribution in [2.24, 2.45) is 0 Å². The lowest BCUT2D eigenvalue weighted by Crippen LogP contribution is -2.43. The van der Waals surface area contributed by atoms with Gasteiger partial charge in [-0.15, -0.1) is 0 Å². The molecule has 1 aromatic carbocycles. The molecule has 0 bridgehead atoms. The van der Waals surface area contributed by atoms with E-state index < -0.39 is 0 Å². The summed E-state index contributed by atoms with van der Waals surface area (Å²) < 4.78 is 0.833. The third kappa shape index (κ3) is 4.45. The van der Waals surface area contributed by atoms with Crippen molar-refractivity contribution in [1.82, 2.24) is 10.2 Å². The monoisotopic (exact) mass is 353 g/mol. The fraction of sp³-hybridized carbons (Fsp3) is 0.562. The van der Waals surface area contributed by atoms with Crippen LogP contribution < -0.4 is 11.1 Å². The standard InChI is InChI=1S/C16H24BrN3O/c1-11(10-20-6-4-3-5-7-20)19-16(21)14-8-13(17)9-15(18)12(14)2/h8-9,11H,3-7,10,18H2,1-2H3,(H,19,21). The van der Waals surface area contributed by atoms with Crippen molar-refractivity contribution < 1.29 is 4.79 Å². The van der Waals surface area contributed by atoms with Crippen LogP contribution >= 0.6 is 15.9 Å². The number of rotatable bonds is 4. The van der Waals surface area contributed by atoms with Crippen LogP contribution in [0.4, 0.5) is 5.69 Å². The number of nitrogen functional groups attached to an aromatic ring is 1. The lowest BCUT2D eigenvalue weighted by molar-refractivity contribution is 0.0925. The summed E-state index contributed by atoms with van der Waals surface area (Å²) in [5.74, 6) is -0.0509. The summed E-state index contributed by atoms with van der Waals surface area (Å²) in [5, 5.41) is 3.08. The Balaban J connectivity index is 1.97. The van der Waals surface area contributed by atoms with E-state index in [-0.39, 0.29) is 11.9 Å².